The third-order valence-corrected chi connectivity index (χ3v) is 1.53. The van der Waals surface area contributed by atoms with Crippen molar-refractivity contribution in [2.75, 3.05) is 5.75 Å². The topological polar surface area (TPSA) is 23.8 Å². The largest absolute Gasteiger partial charge is 0.453 e. The lowest BCUT2D eigenvalue weighted by Gasteiger charge is -2.18. The molecule has 70 valence electrons. The molecule has 0 amide bonds. The maximum atomic E-state index is 12.0. The minimum Gasteiger partial charge on any atom is -0.196 e. The Bertz CT molecular complexity index is 181. The molecule has 7 heteroatoms. The van der Waals surface area contributed by atoms with Crippen LogP contribution in [0.1, 0.15) is 6.42 Å². The number of nitrogens with zero attached hydrogens (tertiary/aromatic N) is 1. The van der Waals surface area contributed by atoms with Crippen LogP contribution in [0.25, 0.3) is 0 Å². The van der Waals surface area contributed by atoms with E-state index in [1.54, 1.807) is 0 Å². The summed E-state index contributed by atoms with van der Waals surface area (Å²) in [5.74, 6) is -5.21. The summed E-state index contributed by atoms with van der Waals surface area (Å²) in [7, 11) is 0. The second kappa shape index (κ2) is 3.94. The zero-order chi connectivity index (χ0) is 9.83. The van der Waals surface area contributed by atoms with Crippen LogP contribution in [0, 0.1) is 10.7 Å². The van der Waals surface area contributed by atoms with E-state index in [1.807, 2.05) is 0 Å². The Balaban J connectivity index is 3.98. The summed E-state index contributed by atoms with van der Waals surface area (Å²) >= 11 is 0.377. The molecule has 0 saturated carbocycles. The number of thiocyanates is 1. The third kappa shape index (κ3) is 3.26. The molecule has 0 aliphatic rings. The SMILES string of the molecule is N#CSCCC(F)(F)C(F)(F)F. The molecule has 0 N–H and O–H groups in total. The molecule has 0 aliphatic heterocycles. The van der Waals surface area contributed by atoms with Crippen LogP contribution in [0.5, 0.6) is 0 Å². The summed E-state index contributed by atoms with van der Waals surface area (Å²) in [5.41, 5.74) is 0. The highest BCUT2D eigenvalue weighted by Crippen LogP contribution is 2.38. The van der Waals surface area contributed by atoms with E-state index >= 15 is 0 Å². The molecule has 0 aliphatic carbocycles. The maximum Gasteiger partial charge on any atom is 0.453 e. The molecule has 12 heavy (non-hydrogen) atoms. The van der Waals surface area contributed by atoms with Gasteiger partial charge in [0.05, 0.1) is 0 Å². The zero-order valence-corrected chi connectivity index (χ0v) is 6.48. The van der Waals surface area contributed by atoms with Gasteiger partial charge in [-0.25, -0.2) is 0 Å². The smallest absolute Gasteiger partial charge is 0.196 e. The molecular weight excluding hydrogens is 201 g/mol. The first-order valence-corrected chi connectivity index (χ1v) is 3.75. The molecule has 0 unspecified atom stereocenters. The van der Waals surface area contributed by atoms with Crippen molar-refractivity contribution in [3.05, 3.63) is 0 Å². The number of hydrogen-bond donors (Lipinski definition) is 0. The Kier molecular flexibility index (Phi) is 3.77. The highest BCUT2D eigenvalue weighted by atomic mass is 32.2. The van der Waals surface area contributed by atoms with E-state index in [9.17, 15) is 22.0 Å². The van der Waals surface area contributed by atoms with Gasteiger partial charge in [0.2, 0.25) is 0 Å². The third-order valence-electron chi connectivity index (χ3n) is 0.997. The molecule has 0 aromatic heterocycles. The van der Waals surface area contributed by atoms with Crippen molar-refractivity contribution in [2.24, 2.45) is 0 Å². The average Bonchev–Trinajstić information content (AvgIpc) is 1.85. The fourth-order valence-corrected chi connectivity index (χ4v) is 0.816. The summed E-state index contributed by atoms with van der Waals surface area (Å²) in [5, 5.41) is 9.26. The summed E-state index contributed by atoms with van der Waals surface area (Å²) in [6.45, 7) is 0. The molecule has 0 radical (unpaired) electrons. The van der Waals surface area contributed by atoms with E-state index in [1.165, 1.54) is 5.40 Å². The molecule has 1 nitrogen and oxygen atoms in total. The number of halogens is 5. The first-order valence-electron chi connectivity index (χ1n) is 2.76. The van der Waals surface area contributed by atoms with Crippen molar-refractivity contribution in [2.45, 2.75) is 18.5 Å². The second-order valence-corrected chi connectivity index (χ2v) is 2.77. The van der Waals surface area contributed by atoms with Crippen LogP contribution in [0.3, 0.4) is 0 Å². The Morgan fingerprint density at radius 1 is 1.17 bits per heavy atom. The van der Waals surface area contributed by atoms with Crippen LogP contribution in [0.4, 0.5) is 22.0 Å². The Labute approximate surface area is 69.5 Å². The van der Waals surface area contributed by atoms with E-state index in [-0.39, 0.29) is 0 Å². The number of rotatable bonds is 3. The van der Waals surface area contributed by atoms with Gasteiger partial charge in [-0.3, -0.25) is 0 Å². The van der Waals surface area contributed by atoms with E-state index < -0.39 is 24.3 Å². The van der Waals surface area contributed by atoms with Gasteiger partial charge in [-0.05, 0) is 11.8 Å². The van der Waals surface area contributed by atoms with E-state index in [2.05, 4.69) is 0 Å². The van der Waals surface area contributed by atoms with Crippen molar-refractivity contribution < 1.29 is 22.0 Å². The molecule has 0 saturated heterocycles. The highest BCUT2D eigenvalue weighted by Gasteiger charge is 2.56. The average molecular weight is 205 g/mol. The van der Waals surface area contributed by atoms with Gasteiger partial charge in [0.1, 0.15) is 5.40 Å². The van der Waals surface area contributed by atoms with Gasteiger partial charge in [-0.2, -0.15) is 27.2 Å². The van der Waals surface area contributed by atoms with E-state index in [0.717, 1.165) is 0 Å². The van der Waals surface area contributed by atoms with Gasteiger partial charge in [0, 0.05) is 12.2 Å². The minimum atomic E-state index is -5.51. The minimum absolute atomic E-state index is 0.377. The van der Waals surface area contributed by atoms with E-state index in [0.29, 0.717) is 11.8 Å². The van der Waals surface area contributed by atoms with E-state index in [4.69, 9.17) is 5.26 Å². The van der Waals surface area contributed by atoms with Crippen molar-refractivity contribution >= 4 is 11.8 Å². The molecular formula is C5H4F5NS. The quantitative estimate of drug-likeness (QED) is 0.402. The molecule has 0 rings (SSSR count). The Hall–Kier alpha value is -0.510. The second-order valence-electron chi connectivity index (χ2n) is 1.89. The predicted molar refractivity (Wildman–Crippen MR) is 33.7 cm³/mol. The lowest BCUT2D eigenvalue weighted by atomic mass is 10.2. The standard InChI is InChI=1S/C5H4F5NS/c6-4(7,5(8,9)10)1-2-12-3-11/h1-2H2. The number of nitriles is 1. The lowest BCUT2D eigenvalue weighted by Crippen LogP contribution is -2.36. The Morgan fingerprint density at radius 2 is 1.67 bits per heavy atom. The van der Waals surface area contributed by atoms with Gasteiger partial charge in [-0.1, -0.05) is 0 Å². The molecule has 0 aromatic rings. The maximum absolute atomic E-state index is 12.0. The van der Waals surface area contributed by atoms with Gasteiger partial charge in [0.25, 0.3) is 0 Å². The monoisotopic (exact) mass is 205 g/mol. The first kappa shape index (κ1) is 11.5. The fourth-order valence-electron chi connectivity index (χ4n) is 0.367. The zero-order valence-electron chi connectivity index (χ0n) is 5.66. The van der Waals surface area contributed by atoms with Crippen molar-refractivity contribution in [1.29, 1.82) is 5.26 Å². The van der Waals surface area contributed by atoms with Gasteiger partial charge in [0.15, 0.2) is 0 Å². The molecule has 0 atom stereocenters. The molecule has 0 bridgehead atoms. The first-order chi connectivity index (χ1) is 5.31. The Morgan fingerprint density at radius 3 is 2.00 bits per heavy atom. The van der Waals surface area contributed by atoms with Crippen LogP contribution in [-0.4, -0.2) is 17.9 Å². The predicted octanol–water partition coefficient (Wildman–Crippen LogP) is 2.79. The fraction of sp³-hybridized carbons (Fsp3) is 0.800. The van der Waals surface area contributed by atoms with Crippen LogP contribution in [0.15, 0.2) is 0 Å². The summed E-state index contributed by atoms with van der Waals surface area (Å²) in [6, 6.07) is 0. The summed E-state index contributed by atoms with van der Waals surface area (Å²) in [4.78, 5) is 0. The molecule has 0 fully saturated rings. The molecule has 0 aromatic carbocycles. The number of thioether (sulfide) groups is 1. The summed E-state index contributed by atoms with van der Waals surface area (Å²) in [6.07, 6.45) is -6.86. The molecule has 0 spiro atoms. The van der Waals surface area contributed by atoms with Gasteiger partial charge < -0.3 is 0 Å². The van der Waals surface area contributed by atoms with Crippen LogP contribution in [-0.2, 0) is 0 Å². The van der Waals surface area contributed by atoms with Gasteiger partial charge in [-0.15, -0.1) is 0 Å². The molecule has 0 heterocycles. The normalized spacial score (nSPS) is 12.7. The summed E-state index contributed by atoms with van der Waals surface area (Å²) < 4.78 is 58.3. The van der Waals surface area contributed by atoms with Crippen LogP contribution < -0.4 is 0 Å². The van der Waals surface area contributed by atoms with Crippen LogP contribution >= 0.6 is 11.8 Å². The van der Waals surface area contributed by atoms with Crippen molar-refractivity contribution in [1.82, 2.24) is 0 Å². The van der Waals surface area contributed by atoms with Crippen LogP contribution in [0.2, 0.25) is 0 Å². The lowest BCUT2D eigenvalue weighted by molar-refractivity contribution is -0.282. The van der Waals surface area contributed by atoms with Crippen molar-refractivity contribution in [3.8, 4) is 5.40 Å². The van der Waals surface area contributed by atoms with Gasteiger partial charge >= 0.3 is 12.1 Å². The number of hydrogen-bond acceptors (Lipinski definition) is 2. The number of alkyl halides is 5. The highest BCUT2D eigenvalue weighted by molar-refractivity contribution is 8.03. The van der Waals surface area contributed by atoms with Crippen molar-refractivity contribution in [3.63, 3.8) is 0 Å².